The fourth-order valence-electron chi connectivity index (χ4n) is 11.0. The monoisotopic (exact) mass is 1340 g/mol. The van der Waals surface area contributed by atoms with Gasteiger partial charge in [0.25, 0.3) is 0 Å². The van der Waals surface area contributed by atoms with Crippen LogP contribution in [0.2, 0.25) is 0 Å². The second-order valence-corrected chi connectivity index (χ2v) is 27.3. The summed E-state index contributed by atoms with van der Waals surface area (Å²) in [5, 5.41) is 0. The fourth-order valence-corrected chi connectivity index (χ4v) is 11.8. The number of phosphoric acid groups is 1. The summed E-state index contributed by atoms with van der Waals surface area (Å²) in [4.78, 5) is 35.5. The Morgan fingerprint density at radius 3 is 0.811 bits per heavy atom. The molecular formula is C85H146NO8P. The van der Waals surface area contributed by atoms with E-state index in [1.807, 2.05) is 0 Å². The molecule has 3 N–H and O–H groups in total. The maximum atomic E-state index is 12.8. The zero-order valence-electron chi connectivity index (χ0n) is 61.4. The number of esters is 2. The quantitative estimate of drug-likeness (QED) is 0.0264. The Balaban J connectivity index is 3.82. The molecule has 0 aromatic carbocycles. The number of phosphoric ester groups is 1. The first-order chi connectivity index (χ1) is 46.8. The number of hydrogen-bond acceptors (Lipinski definition) is 8. The van der Waals surface area contributed by atoms with Crippen molar-refractivity contribution >= 4 is 19.8 Å². The van der Waals surface area contributed by atoms with Crippen LogP contribution in [-0.2, 0) is 32.7 Å². The van der Waals surface area contributed by atoms with Crippen LogP contribution >= 0.6 is 7.82 Å². The minimum Gasteiger partial charge on any atom is -0.462 e. The molecule has 95 heavy (non-hydrogen) atoms. The van der Waals surface area contributed by atoms with Crippen molar-refractivity contribution in [2.24, 2.45) is 5.73 Å². The van der Waals surface area contributed by atoms with E-state index < -0.39 is 26.5 Å². The molecule has 0 amide bonds. The number of allylic oxidation sites excluding steroid dienone is 24. The average molecular weight is 1340 g/mol. The van der Waals surface area contributed by atoms with Crippen molar-refractivity contribution in [3.05, 3.63) is 146 Å². The largest absolute Gasteiger partial charge is 0.472 e. The van der Waals surface area contributed by atoms with Gasteiger partial charge in [-0.05, 0) is 116 Å². The Hall–Kier alpha value is -4.11. The zero-order chi connectivity index (χ0) is 68.6. The maximum Gasteiger partial charge on any atom is 0.472 e. The number of carbonyl (C=O) groups excluding carboxylic acids is 2. The van der Waals surface area contributed by atoms with Gasteiger partial charge < -0.3 is 20.1 Å². The van der Waals surface area contributed by atoms with E-state index in [-0.39, 0.29) is 38.6 Å². The second-order valence-electron chi connectivity index (χ2n) is 25.8. The fraction of sp³-hybridized carbons (Fsp3) is 0.694. The summed E-state index contributed by atoms with van der Waals surface area (Å²) in [7, 11) is -4.40. The topological polar surface area (TPSA) is 134 Å². The van der Waals surface area contributed by atoms with Crippen LogP contribution in [0.1, 0.15) is 348 Å². The summed E-state index contributed by atoms with van der Waals surface area (Å²) in [5.74, 6) is -0.819. The van der Waals surface area contributed by atoms with Gasteiger partial charge in [0.15, 0.2) is 6.10 Å². The van der Waals surface area contributed by atoms with Crippen LogP contribution in [0.15, 0.2) is 146 Å². The second kappa shape index (κ2) is 78.9. The van der Waals surface area contributed by atoms with E-state index in [2.05, 4.69) is 160 Å². The van der Waals surface area contributed by atoms with Crippen LogP contribution < -0.4 is 5.73 Å². The van der Waals surface area contributed by atoms with Gasteiger partial charge in [-0.3, -0.25) is 18.6 Å². The molecule has 0 bridgehead atoms. The Kier molecular flexibility index (Phi) is 75.5. The van der Waals surface area contributed by atoms with E-state index in [1.165, 1.54) is 199 Å². The van der Waals surface area contributed by atoms with E-state index in [9.17, 15) is 19.0 Å². The highest BCUT2D eigenvalue weighted by atomic mass is 31.2. The lowest BCUT2D eigenvalue weighted by Gasteiger charge is -2.19. The number of rotatable bonds is 73. The van der Waals surface area contributed by atoms with Gasteiger partial charge in [-0.1, -0.05) is 365 Å². The van der Waals surface area contributed by atoms with Gasteiger partial charge >= 0.3 is 19.8 Å². The molecular weight excluding hydrogens is 1190 g/mol. The third-order valence-electron chi connectivity index (χ3n) is 16.7. The number of carbonyl (C=O) groups is 2. The predicted molar refractivity (Wildman–Crippen MR) is 413 cm³/mol. The van der Waals surface area contributed by atoms with E-state index in [1.54, 1.807) is 0 Å². The molecule has 2 unspecified atom stereocenters. The summed E-state index contributed by atoms with van der Waals surface area (Å²) in [6.45, 7) is 3.55. The van der Waals surface area contributed by atoms with Crippen molar-refractivity contribution < 1.29 is 37.6 Å². The molecule has 0 rings (SSSR count). The molecule has 10 heteroatoms. The summed E-state index contributed by atoms with van der Waals surface area (Å²) >= 11 is 0. The van der Waals surface area contributed by atoms with Gasteiger partial charge in [0.05, 0.1) is 13.2 Å². The third kappa shape index (κ3) is 78.8. The Morgan fingerprint density at radius 2 is 0.547 bits per heavy atom. The summed E-state index contributed by atoms with van der Waals surface area (Å²) in [6, 6.07) is 0. The Morgan fingerprint density at radius 1 is 0.316 bits per heavy atom. The highest BCUT2D eigenvalue weighted by molar-refractivity contribution is 7.47. The number of ether oxygens (including phenoxy) is 2. The van der Waals surface area contributed by atoms with Crippen LogP contribution in [0.25, 0.3) is 0 Å². The predicted octanol–water partition coefficient (Wildman–Crippen LogP) is 26.5. The summed E-state index contributed by atoms with van der Waals surface area (Å²) in [6.07, 6.45) is 114. The zero-order valence-corrected chi connectivity index (χ0v) is 62.3. The first-order valence-electron chi connectivity index (χ1n) is 39.3. The van der Waals surface area contributed by atoms with E-state index in [0.29, 0.717) is 6.42 Å². The molecule has 0 aromatic rings. The lowest BCUT2D eigenvalue weighted by molar-refractivity contribution is -0.161. The molecule has 0 aliphatic rings. The van der Waals surface area contributed by atoms with Crippen molar-refractivity contribution in [3.8, 4) is 0 Å². The van der Waals surface area contributed by atoms with Crippen LogP contribution in [0.4, 0.5) is 0 Å². The molecule has 0 aliphatic heterocycles. The highest BCUT2D eigenvalue weighted by Gasteiger charge is 2.26. The van der Waals surface area contributed by atoms with Crippen LogP contribution in [0.3, 0.4) is 0 Å². The number of nitrogens with two attached hydrogens (primary N) is 1. The molecule has 0 heterocycles. The molecule has 2 atom stereocenters. The van der Waals surface area contributed by atoms with Crippen molar-refractivity contribution in [3.63, 3.8) is 0 Å². The molecule has 0 fully saturated rings. The first kappa shape index (κ1) is 90.9. The van der Waals surface area contributed by atoms with Gasteiger partial charge in [-0.2, -0.15) is 0 Å². The minimum absolute atomic E-state index is 0.0502. The van der Waals surface area contributed by atoms with Crippen molar-refractivity contribution in [1.82, 2.24) is 0 Å². The molecule has 0 saturated carbocycles. The van der Waals surface area contributed by atoms with Gasteiger partial charge in [-0.25, -0.2) is 4.57 Å². The van der Waals surface area contributed by atoms with E-state index in [0.717, 1.165) is 116 Å². The Bertz CT molecular complexity index is 2080. The molecule has 544 valence electrons. The SMILES string of the molecule is CC/C=C\C/C=C\C/C=C\C/C=C\C/C=C\C/C=C\CCCCCCCCCCCCCCCCCCCCCCCCC(=O)OC(COC(=O)CCCCCCCCCCCCCCCC/C=C\C/C=C\C/C=C\C/C=C\C/C=C\C/C=C\CC)COP(=O)(O)OCCN. The molecule has 0 radical (unpaired) electrons. The van der Waals surface area contributed by atoms with Crippen LogP contribution in [0.5, 0.6) is 0 Å². The average Bonchev–Trinajstić information content (AvgIpc) is 2.75. The first-order valence-corrected chi connectivity index (χ1v) is 40.8. The van der Waals surface area contributed by atoms with E-state index >= 15 is 0 Å². The summed E-state index contributed by atoms with van der Waals surface area (Å²) in [5.41, 5.74) is 5.41. The summed E-state index contributed by atoms with van der Waals surface area (Å²) < 4.78 is 33.3. The number of unbranched alkanes of at least 4 members (excludes halogenated alkanes) is 36. The smallest absolute Gasteiger partial charge is 0.462 e. The molecule has 0 spiro atoms. The van der Waals surface area contributed by atoms with Crippen molar-refractivity contribution in [2.75, 3.05) is 26.4 Å². The molecule has 9 nitrogen and oxygen atoms in total. The lowest BCUT2D eigenvalue weighted by atomic mass is 10.0. The minimum atomic E-state index is -4.40. The maximum absolute atomic E-state index is 12.8. The third-order valence-corrected chi connectivity index (χ3v) is 17.7. The van der Waals surface area contributed by atoms with E-state index in [4.69, 9.17) is 24.3 Å². The molecule has 0 aromatic heterocycles. The van der Waals surface area contributed by atoms with Crippen LogP contribution in [0, 0.1) is 0 Å². The lowest BCUT2D eigenvalue weighted by Crippen LogP contribution is -2.29. The van der Waals surface area contributed by atoms with Gasteiger partial charge in [0, 0.05) is 19.4 Å². The standard InChI is InChI=1S/C85H146NO8P/c1-3-5-7-9-11-13-15-17-19-21-23-25-27-29-31-33-35-37-38-39-40-41-42-43-44-46-48-50-52-54-56-58-60-62-64-66-68-70-72-74-76-78-85(88)94-83(82-93-95(89,90)92-80-79-86)81-91-84(87)77-75-73-71-69-67-65-63-61-59-57-55-53-51-49-47-45-36-34-32-30-28-26-24-22-20-18-16-14-12-10-8-6-4-2/h5-8,11-14,17-20,23-26,29-32,35-37,45,83H,3-4,9-10,15-16,21-22,27-28,33-34,38-44,46-82,86H2,1-2H3,(H,89,90)/b7-5-,8-6-,13-11-,14-12-,19-17-,20-18-,25-23-,26-24-,31-29-,32-30-,37-35-,45-36-. The van der Waals surface area contributed by atoms with Crippen molar-refractivity contribution in [1.29, 1.82) is 0 Å². The normalized spacial score (nSPS) is 13.7. The van der Waals surface area contributed by atoms with Crippen LogP contribution in [-0.4, -0.2) is 49.3 Å². The number of hydrogen-bond donors (Lipinski definition) is 2. The Labute approximate surface area is 586 Å². The highest BCUT2D eigenvalue weighted by Crippen LogP contribution is 2.43. The molecule has 0 saturated heterocycles. The van der Waals surface area contributed by atoms with Crippen molar-refractivity contribution in [2.45, 2.75) is 354 Å². The molecule has 0 aliphatic carbocycles. The van der Waals surface area contributed by atoms with Gasteiger partial charge in [-0.15, -0.1) is 0 Å². The van der Waals surface area contributed by atoms with Gasteiger partial charge in [0.1, 0.15) is 6.61 Å². The van der Waals surface area contributed by atoms with Gasteiger partial charge in [0.2, 0.25) is 0 Å².